The number of benzene rings is 2. The summed E-state index contributed by atoms with van der Waals surface area (Å²) in [5.41, 5.74) is 3.10. The second-order valence-electron chi connectivity index (χ2n) is 10.1. The second-order valence-corrected chi connectivity index (χ2v) is 10.1. The summed E-state index contributed by atoms with van der Waals surface area (Å²) in [4.78, 5) is 33.0. The van der Waals surface area contributed by atoms with Gasteiger partial charge in [0.05, 0.1) is 6.54 Å². The van der Waals surface area contributed by atoms with Gasteiger partial charge in [-0.15, -0.1) is 0 Å². The molecule has 1 aliphatic rings. The summed E-state index contributed by atoms with van der Waals surface area (Å²) in [7, 11) is 3.24. The Morgan fingerprint density at radius 1 is 0.861 bits per heavy atom. The number of hydrogen-bond acceptors (Lipinski definition) is 4. The molecule has 0 unspecified atom stereocenters. The van der Waals surface area contributed by atoms with Crippen molar-refractivity contribution in [3.05, 3.63) is 98.5 Å². The minimum atomic E-state index is -0.338. The summed E-state index contributed by atoms with van der Waals surface area (Å²) in [6, 6.07) is 21.1. The lowest BCUT2D eigenvalue weighted by molar-refractivity contribution is 0.172. The number of likely N-dealkylation sites (tertiary alicyclic amines) is 1. The van der Waals surface area contributed by atoms with Gasteiger partial charge in [0.15, 0.2) is 11.2 Å². The van der Waals surface area contributed by atoms with Crippen LogP contribution in [0.3, 0.4) is 0 Å². The quantitative estimate of drug-likeness (QED) is 0.383. The van der Waals surface area contributed by atoms with Gasteiger partial charge in [-0.1, -0.05) is 60.7 Å². The SMILES string of the molecule is Cn1c(=O)c2c(nc(CN3CCC(Cc4ccccc4)CC3)n2CCCc2ccccc2)n(C)c1=O. The van der Waals surface area contributed by atoms with E-state index in [1.165, 1.54) is 20.3 Å². The number of piperidine rings is 1. The van der Waals surface area contributed by atoms with Gasteiger partial charge in [-0.05, 0) is 62.2 Å². The molecule has 0 aliphatic carbocycles. The van der Waals surface area contributed by atoms with E-state index in [2.05, 4.69) is 64.1 Å². The first-order valence-electron chi connectivity index (χ1n) is 13.0. The van der Waals surface area contributed by atoms with Gasteiger partial charge >= 0.3 is 5.69 Å². The van der Waals surface area contributed by atoms with Gasteiger partial charge in [-0.25, -0.2) is 9.78 Å². The fourth-order valence-electron chi connectivity index (χ4n) is 5.44. The number of rotatable bonds is 8. The molecule has 0 radical (unpaired) electrons. The van der Waals surface area contributed by atoms with E-state index in [9.17, 15) is 9.59 Å². The summed E-state index contributed by atoms with van der Waals surface area (Å²) in [6.07, 6.45) is 5.27. The van der Waals surface area contributed by atoms with Crippen LogP contribution in [-0.4, -0.2) is 36.7 Å². The molecule has 1 aliphatic heterocycles. The highest BCUT2D eigenvalue weighted by atomic mass is 16.2. The molecule has 2 aromatic carbocycles. The number of aryl methyl sites for hydroxylation is 3. The smallest absolute Gasteiger partial charge is 0.321 e. The zero-order valence-electron chi connectivity index (χ0n) is 21.3. The summed E-state index contributed by atoms with van der Waals surface area (Å²) in [5.74, 6) is 1.57. The van der Waals surface area contributed by atoms with E-state index in [4.69, 9.17) is 4.98 Å². The lowest BCUT2D eigenvalue weighted by Crippen LogP contribution is -2.37. The Bertz CT molecular complexity index is 1430. The first-order valence-corrected chi connectivity index (χ1v) is 13.0. The number of hydrogen-bond donors (Lipinski definition) is 0. The molecule has 7 nitrogen and oxygen atoms in total. The summed E-state index contributed by atoms with van der Waals surface area (Å²) < 4.78 is 4.76. The Balaban J connectivity index is 1.35. The maximum Gasteiger partial charge on any atom is 0.332 e. The van der Waals surface area contributed by atoms with Crippen molar-refractivity contribution in [3.8, 4) is 0 Å². The van der Waals surface area contributed by atoms with Crippen molar-refractivity contribution >= 4 is 11.2 Å². The Morgan fingerprint density at radius 3 is 2.17 bits per heavy atom. The Kier molecular flexibility index (Phi) is 7.18. The monoisotopic (exact) mass is 485 g/mol. The third kappa shape index (κ3) is 5.07. The normalized spacial score (nSPS) is 15.1. The largest absolute Gasteiger partial charge is 0.332 e. The molecule has 3 heterocycles. The molecule has 0 spiro atoms. The number of nitrogens with zero attached hydrogens (tertiary/aromatic N) is 5. The van der Waals surface area contributed by atoms with Gasteiger partial charge in [0, 0.05) is 20.6 Å². The predicted octanol–water partition coefficient (Wildman–Crippen LogP) is 3.52. The van der Waals surface area contributed by atoms with Crippen molar-refractivity contribution in [2.45, 2.75) is 45.2 Å². The highest BCUT2D eigenvalue weighted by Crippen LogP contribution is 2.23. The van der Waals surface area contributed by atoms with Crippen molar-refractivity contribution in [2.24, 2.45) is 20.0 Å². The minimum absolute atomic E-state index is 0.270. The molecular weight excluding hydrogens is 450 g/mol. The first-order chi connectivity index (χ1) is 17.5. The Morgan fingerprint density at radius 2 is 1.50 bits per heavy atom. The molecule has 0 amide bonds. The fourth-order valence-corrected chi connectivity index (χ4v) is 5.44. The molecule has 7 heteroatoms. The van der Waals surface area contributed by atoms with Crippen molar-refractivity contribution in [1.29, 1.82) is 0 Å². The Hall–Kier alpha value is -3.45. The molecule has 36 heavy (non-hydrogen) atoms. The fraction of sp³-hybridized carbons (Fsp3) is 0.414. The average molecular weight is 486 g/mol. The van der Waals surface area contributed by atoms with Gasteiger partial charge in [0.1, 0.15) is 5.82 Å². The average Bonchev–Trinajstić information content (AvgIpc) is 3.26. The van der Waals surface area contributed by atoms with Crippen LogP contribution >= 0.6 is 0 Å². The number of aromatic nitrogens is 4. The summed E-state index contributed by atoms with van der Waals surface area (Å²) >= 11 is 0. The van der Waals surface area contributed by atoms with Crippen LogP contribution in [-0.2, 0) is 40.0 Å². The van der Waals surface area contributed by atoms with E-state index in [0.29, 0.717) is 30.2 Å². The third-order valence-electron chi connectivity index (χ3n) is 7.56. The number of fused-ring (bicyclic) bond motifs is 1. The summed E-state index contributed by atoms with van der Waals surface area (Å²) in [5, 5.41) is 0. The zero-order valence-corrected chi connectivity index (χ0v) is 21.3. The molecule has 0 saturated carbocycles. The Labute approximate surface area is 211 Å². The maximum absolute atomic E-state index is 13.2. The molecule has 0 atom stereocenters. The van der Waals surface area contributed by atoms with E-state index in [0.717, 1.165) is 51.0 Å². The minimum Gasteiger partial charge on any atom is -0.321 e. The van der Waals surface area contributed by atoms with Gasteiger partial charge in [0.25, 0.3) is 5.56 Å². The van der Waals surface area contributed by atoms with Crippen molar-refractivity contribution in [1.82, 2.24) is 23.6 Å². The van der Waals surface area contributed by atoms with Crippen LogP contribution < -0.4 is 11.2 Å². The van der Waals surface area contributed by atoms with Crippen LogP contribution in [0.25, 0.3) is 11.2 Å². The maximum atomic E-state index is 13.2. The van der Waals surface area contributed by atoms with Gasteiger partial charge in [-0.2, -0.15) is 0 Å². The third-order valence-corrected chi connectivity index (χ3v) is 7.56. The molecule has 5 rings (SSSR count). The summed E-state index contributed by atoms with van der Waals surface area (Å²) in [6.45, 7) is 3.41. The van der Waals surface area contributed by atoms with Crippen LogP contribution in [0.4, 0.5) is 0 Å². The van der Waals surface area contributed by atoms with Crippen molar-refractivity contribution in [3.63, 3.8) is 0 Å². The highest BCUT2D eigenvalue weighted by molar-refractivity contribution is 5.71. The van der Waals surface area contributed by atoms with Gasteiger partial charge in [0.2, 0.25) is 0 Å². The van der Waals surface area contributed by atoms with Crippen LogP contribution in [0, 0.1) is 5.92 Å². The van der Waals surface area contributed by atoms with Gasteiger partial charge in [-0.3, -0.25) is 18.8 Å². The predicted molar refractivity (Wildman–Crippen MR) is 143 cm³/mol. The molecule has 1 fully saturated rings. The van der Waals surface area contributed by atoms with E-state index >= 15 is 0 Å². The highest BCUT2D eigenvalue weighted by Gasteiger charge is 2.24. The van der Waals surface area contributed by atoms with Crippen LogP contribution in [0.2, 0.25) is 0 Å². The molecule has 0 bridgehead atoms. The molecule has 1 saturated heterocycles. The van der Waals surface area contributed by atoms with Crippen LogP contribution in [0.5, 0.6) is 0 Å². The lowest BCUT2D eigenvalue weighted by Gasteiger charge is -2.31. The van der Waals surface area contributed by atoms with Gasteiger partial charge < -0.3 is 4.57 Å². The standard InChI is InChI=1S/C29H35N5O2/c1-31-27-26(28(35)32(2)29(31)36)34(17-9-14-22-10-5-3-6-11-22)25(30-27)21-33-18-15-24(16-19-33)20-23-12-7-4-8-13-23/h3-8,10-13,24H,9,14-21H2,1-2H3. The molecule has 4 aromatic rings. The van der Waals surface area contributed by atoms with Crippen molar-refractivity contribution in [2.75, 3.05) is 13.1 Å². The molecule has 0 N–H and O–H groups in total. The van der Waals surface area contributed by atoms with Crippen LogP contribution in [0.15, 0.2) is 70.3 Å². The van der Waals surface area contributed by atoms with Crippen LogP contribution in [0.1, 0.15) is 36.2 Å². The van der Waals surface area contributed by atoms with E-state index in [1.807, 2.05) is 6.07 Å². The van der Waals surface area contributed by atoms with E-state index < -0.39 is 0 Å². The molecular formula is C29H35N5O2. The second kappa shape index (κ2) is 10.7. The van der Waals surface area contributed by atoms with E-state index in [-0.39, 0.29) is 11.2 Å². The topological polar surface area (TPSA) is 65.1 Å². The van der Waals surface area contributed by atoms with Crippen molar-refractivity contribution < 1.29 is 0 Å². The zero-order chi connectivity index (χ0) is 25.1. The lowest BCUT2D eigenvalue weighted by atomic mass is 9.90. The number of imidazole rings is 1. The van der Waals surface area contributed by atoms with E-state index in [1.54, 1.807) is 14.1 Å². The molecule has 2 aromatic heterocycles. The molecule has 188 valence electrons. The first kappa shape index (κ1) is 24.3.